The van der Waals surface area contributed by atoms with Crippen molar-refractivity contribution in [1.82, 2.24) is 0 Å². The monoisotopic (exact) mass is 186 g/mol. The van der Waals surface area contributed by atoms with Gasteiger partial charge in [0.2, 0.25) is 0 Å². The van der Waals surface area contributed by atoms with Gasteiger partial charge in [-0.25, -0.2) is 0 Å². The first kappa shape index (κ1) is 12.7. The molecule has 0 aromatic carbocycles. The van der Waals surface area contributed by atoms with E-state index in [-0.39, 0.29) is 6.61 Å². The zero-order valence-corrected chi connectivity index (χ0v) is 9.21. The van der Waals surface area contributed by atoms with E-state index in [9.17, 15) is 0 Å². The Morgan fingerprint density at radius 2 is 2.08 bits per heavy atom. The zero-order valence-electron chi connectivity index (χ0n) is 9.21. The van der Waals surface area contributed by atoms with E-state index < -0.39 is 0 Å². The fourth-order valence-corrected chi connectivity index (χ4v) is 1.39. The van der Waals surface area contributed by atoms with E-state index in [1.807, 2.05) is 13.0 Å². The number of aliphatic hydroxyl groups excluding tert-OH is 1. The van der Waals surface area contributed by atoms with Crippen molar-refractivity contribution in [2.45, 2.75) is 39.7 Å². The summed E-state index contributed by atoms with van der Waals surface area (Å²) < 4.78 is 5.36. The van der Waals surface area contributed by atoms with E-state index in [4.69, 9.17) is 9.84 Å². The molecule has 0 heterocycles. The Balaban J connectivity index is 3.90. The van der Waals surface area contributed by atoms with E-state index in [2.05, 4.69) is 13.8 Å². The summed E-state index contributed by atoms with van der Waals surface area (Å²) in [5, 5.41) is 8.69. The van der Waals surface area contributed by atoms with Gasteiger partial charge in [0.1, 0.15) is 0 Å². The van der Waals surface area contributed by atoms with Gasteiger partial charge < -0.3 is 9.84 Å². The third-order valence-electron chi connectivity index (χ3n) is 2.06. The maximum absolute atomic E-state index is 8.69. The quantitative estimate of drug-likeness (QED) is 0.645. The molecule has 0 aliphatic heterocycles. The Bertz CT molecular complexity index is 150. The second-order valence-corrected chi connectivity index (χ2v) is 3.92. The average molecular weight is 186 g/mol. The van der Waals surface area contributed by atoms with Gasteiger partial charge in [0.15, 0.2) is 0 Å². The van der Waals surface area contributed by atoms with E-state index in [1.54, 1.807) is 7.11 Å². The van der Waals surface area contributed by atoms with Gasteiger partial charge in [-0.1, -0.05) is 25.5 Å². The summed E-state index contributed by atoms with van der Waals surface area (Å²) in [6.45, 7) is 6.54. The Morgan fingerprint density at radius 1 is 1.46 bits per heavy atom. The Morgan fingerprint density at radius 3 is 2.46 bits per heavy atom. The largest absolute Gasteiger partial charge is 0.392 e. The van der Waals surface area contributed by atoms with Crippen molar-refractivity contribution in [3.05, 3.63) is 11.6 Å². The molecule has 0 aliphatic rings. The topological polar surface area (TPSA) is 29.5 Å². The molecule has 0 saturated carbocycles. The number of aliphatic hydroxyl groups is 1. The van der Waals surface area contributed by atoms with Crippen LogP contribution in [-0.2, 0) is 4.74 Å². The summed E-state index contributed by atoms with van der Waals surface area (Å²) in [6.07, 6.45) is 4.14. The number of hydrogen-bond donors (Lipinski definition) is 1. The van der Waals surface area contributed by atoms with Crippen LogP contribution in [0.4, 0.5) is 0 Å². The molecule has 0 aromatic rings. The second-order valence-electron chi connectivity index (χ2n) is 3.92. The lowest BCUT2D eigenvalue weighted by Crippen LogP contribution is -2.14. The number of hydrogen-bond acceptors (Lipinski definition) is 2. The Hall–Kier alpha value is -0.340. The minimum absolute atomic E-state index is 0.129. The molecule has 0 fully saturated rings. The normalized spacial score (nSPS) is 15.1. The first-order chi connectivity index (χ1) is 6.10. The van der Waals surface area contributed by atoms with E-state index >= 15 is 0 Å². The van der Waals surface area contributed by atoms with Gasteiger partial charge >= 0.3 is 0 Å². The van der Waals surface area contributed by atoms with Crippen LogP contribution in [0.1, 0.15) is 33.6 Å². The van der Waals surface area contributed by atoms with Crippen molar-refractivity contribution in [3.8, 4) is 0 Å². The molecule has 0 bridgehead atoms. The molecule has 13 heavy (non-hydrogen) atoms. The summed E-state index contributed by atoms with van der Waals surface area (Å²) in [5.41, 5.74) is 1.20. The van der Waals surface area contributed by atoms with Crippen molar-refractivity contribution in [1.29, 1.82) is 0 Å². The van der Waals surface area contributed by atoms with Gasteiger partial charge in [-0.2, -0.15) is 0 Å². The molecule has 1 unspecified atom stereocenters. The Labute approximate surface area is 81.6 Å². The predicted molar refractivity (Wildman–Crippen MR) is 55.7 cm³/mol. The van der Waals surface area contributed by atoms with Gasteiger partial charge in [-0.15, -0.1) is 0 Å². The van der Waals surface area contributed by atoms with Crippen molar-refractivity contribution in [2.24, 2.45) is 5.92 Å². The van der Waals surface area contributed by atoms with Crippen molar-refractivity contribution >= 4 is 0 Å². The van der Waals surface area contributed by atoms with Crippen LogP contribution in [0.3, 0.4) is 0 Å². The average Bonchev–Trinajstić information content (AvgIpc) is 2.02. The molecular weight excluding hydrogens is 164 g/mol. The summed E-state index contributed by atoms with van der Waals surface area (Å²) in [6, 6.07) is 0. The predicted octanol–water partition coefficient (Wildman–Crippen LogP) is 2.38. The van der Waals surface area contributed by atoms with Crippen LogP contribution in [0, 0.1) is 5.92 Å². The van der Waals surface area contributed by atoms with Crippen molar-refractivity contribution in [3.63, 3.8) is 0 Å². The molecule has 78 valence electrons. The maximum Gasteiger partial charge on any atom is 0.0614 e. The molecule has 2 heteroatoms. The first-order valence-corrected chi connectivity index (χ1v) is 4.89. The van der Waals surface area contributed by atoms with Gasteiger partial charge in [0.05, 0.1) is 12.7 Å². The highest BCUT2D eigenvalue weighted by atomic mass is 16.5. The lowest BCUT2D eigenvalue weighted by Gasteiger charge is -2.17. The third-order valence-corrected chi connectivity index (χ3v) is 2.06. The standard InChI is InChI=1S/C11H22O2/c1-9(2)7-11(13-4)8-10(3)5-6-12/h5,9,11-12H,6-8H2,1-4H3/b10-5+. The molecule has 0 saturated heterocycles. The molecule has 0 amide bonds. The minimum Gasteiger partial charge on any atom is -0.392 e. The van der Waals surface area contributed by atoms with Crippen LogP contribution < -0.4 is 0 Å². The Kier molecular flexibility index (Phi) is 6.92. The molecule has 2 nitrogen and oxygen atoms in total. The van der Waals surface area contributed by atoms with E-state index in [0.717, 1.165) is 12.8 Å². The van der Waals surface area contributed by atoms with Crippen LogP contribution in [0.2, 0.25) is 0 Å². The van der Waals surface area contributed by atoms with Gasteiger partial charge in [0.25, 0.3) is 0 Å². The second kappa shape index (κ2) is 7.10. The van der Waals surface area contributed by atoms with Crippen LogP contribution in [0.15, 0.2) is 11.6 Å². The molecule has 1 atom stereocenters. The molecule has 0 rings (SSSR count). The summed E-state index contributed by atoms with van der Waals surface area (Å²) in [4.78, 5) is 0. The fraction of sp³-hybridized carbons (Fsp3) is 0.818. The molecule has 1 N–H and O–H groups in total. The molecule has 0 aliphatic carbocycles. The maximum atomic E-state index is 8.69. The fourth-order valence-electron chi connectivity index (χ4n) is 1.39. The first-order valence-electron chi connectivity index (χ1n) is 4.89. The number of methoxy groups -OCH3 is 1. The van der Waals surface area contributed by atoms with Crippen LogP contribution in [0.25, 0.3) is 0 Å². The third kappa shape index (κ3) is 6.79. The molecule has 0 spiro atoms. The van der Waals surface area contributed by atoms with Crippen LogP contribution in [0.5, 0.6) is 0 Å². The molecular formula is C11H22O2. The summed E-state index contributed by atoms with van der Waals surface area (Å²) in [5.74, 6) is 0.659. The lowest BCUT2D eigenvalue weighted by molar-refractivity contribution is 0.0846. The zero-order chi connectivity index (χ0) is 10.3. The smallest absolute Gasteiger partial charge is 0.0614 e. The highest BCUT2D eigenvalue weighted by molar-refractivity contribution is 4.99. The number of rotatable bonds is 6. The van der Waals surface area contributed by atoms with E-state index in [0.29, 0.717) is 12.0 Å². The van der Waals surface area contributed by atoms with Gasteiger partial charge in [-0.3, -0.25) is 0 Å². The summed E-state index contributed by atoms with van der Waals surface area (Å²) >= 11 is 0. The minimum atomic E-state index is 0.129. The van der Waals surface area contributed by atoms with Gasteiger partial charge in [0, 0.05) is 7.11 Å². The van der Waals surface area contributed by atoms with Crippen molar-refractivity contribution in [2.75, 3.05) is 13.7 Å². The van der Waals surface area contributed by atoms with Crippen LogP contribution in [-0.4, -0.2) is 24.9 Å². The summed E-state index contributed by atoms with van der Waals surface area (Å²) in [7, 11) is 1.75. The van der Waals surface area contributed by atoms with Crippen molar-refractivity contribution < 1.29 is 9.84 Å². The highest BCUT2D eigenvalue weighted by Crippen LogP contribution is 2.15. The van der Waals surface area contributed by atoms with Crippen LogP contribution >= 0.6 is 0 Å². The molecule has 0 radical (unpaired) electrons. The van der Waals surface area contributed by atoms with Gasteiger partial charge in [-0.05, 0) is 25.7 Å². The number of ether oxygens (including phenoxy) is 1. The molecule has 0 aromatic heterocycles. The SMILES string of the molecule is COC(C/C(C)=C/CO)CC(C)C. The van der Waals surface area contributed by atoms with E-state index in [1.165, 1.54) is 5.57 Å². The highest BCUT2D eigenvalue weighted by Gasteiger charge is 2.09. The lowest BCUT2D eigenvalue weighted by atomic mass is 10.00.